The monoisotopic (exact) mass is 208 g/mol. The van der Waals surface area contributed by atoms with Crippen LogP contribution < -0.4 is 0 Å². The van der Waals surface area contributed by atoms with E-state index in [4.69, 9.17) is 5.11 Å². The number of ketones is 1. The van der Waals surface area contributed by atoms with Crippen LogP contribution in [0, 0.1) is 0 Å². The first-order chi connectivity index (χ1) is 6.61. The molecule has 0 heterocycles. The number of hydrogen-bond acceptors (Lipinski definition) is 2. The lowest BCUT2D eigenvalue weighted by molar-refractivity contribution is -0.140. The van der Waals surface area contributed by atoms with Crippen molar-refractivity contribution in [3.05, 3.63) is 35.9 Å². The Kier molecular flexibility index (Phi) is 5.31. The van der Waals surface area contributed by atoms with Gasteiger partial charge in [-0.1, -0.05) is 37.8 Å². The molecule has 0 aliphatic carbocycles. The molecule has 1 atom stereocenters. The molecule has 0 spiro atoms. The lowest BCUT2D eigenvalue weighted by Gasteiger charge is -2.09. The SMILES string of the molecule is C.CC(=O)C[C@@H](C(=O)O)c1ccccc1. The van der Waals surface area contributed by atoms with E-state index in [1.54, 1.807) is 24.3 Å². The van der Waals surface area contributed by atoms with Crippen LogP contribution in [0.2, 0.25) is 0 Å². The van der Waals surface area contributed by atoms with Crippen LogP contribution in [0.25, 0.3) is 0 Å². The minimum Gasteiger partial charge on any atom is -0.481 e. The molecule has 0 aliphatic heterocycles. The van der Waals surface area contributed by atoms with Crippen molar-refractivity contribution in [2.45, 2.75) is 26.7 Å². The molecule has 82 valence electrons. The molecule has 0 fully saturated rings. The van der Waals surface area contributed by atoms with Gasteiger partial charge in [-0.2, -0.15) is 0 Å². The van der Waals surface area contributed by atoms with Crippen LogP contribution in [0.4, 0.5) is 0 Å². The first kappa shape index (κ1) is 13.4. The third kappa shape index (κ3) is 3.94. The molecule has 0 aliphatic rings. The van der Waals surface area contributed by atoms with Gasteiger partial charge in [0, 0.05) is 6.42 Å². The van der Waals surface area contributed by atoms with Crippen molar-refractivity contribution in [2.24, 2.45) is 0 Å². The number of carboxylic acids is 1. The second-order valence-corrected chi connectivity index (χ2v) is 3.21. The summed E-state index contributed by atoms with van der Waals surface area (Å²) < 4.78 is 0. The highest BCUT2D eigenvalue weighted by molar-refractivity contribution is 5.85. The summed E-state index contributed by atoms with van der Waals surface area (Å²) in [6.45, 7) is 1.40. The fourth-order valence-electron chi connectivity index (χ4n) is 1.32. The molecule has 0 radical (unpaired) electrons. The average Bonchev–Trinajstić information content (AvgIpc) is 2.15. The van der Waals surface area contributed by atoms with Crippen molar-refractivity contribution in [1.29, 1.82) is 0 Å². The Labute approximate surface area is 89.7 Å². The molecule has 0 saturated heterocycles. The Balaban J connectivity index is 0.00000196. The van der Waals surface area contributed by atoms with Gasteiger partial charge in [-0.25, -0.2) is 0 Å². The second kappa shape index (κ2) is 5.96. The maximum Gasteiger partial charge on any atom is 0.311 e. The number of Topliss-reactive ketones (excluding diaryl/α,β-unsaturated/α-hetero) is 1. The smallest absolute Gasteiger partial charge is 0.311 e. The molecular weight excluding hydrogens is 192 g/mol. The first-order valence-corrected chi connectivity index (χ1v) is 4.38. The van der Waals surface area contributed by atoms with Crippen LogP contribution in [0.1, 0.15) is 32.3 Å². The van der Waals surface area contributed by atoms with Crippen LogP contribution in [0.5, 0.6) is 0 Å². The average molecular weight is 208 g/mol. The highest BCUT2D eigenvalue weighted by Gasteiger charge is 2.20. The summed E-state index contributed by atoms with van der Waals surface area (Å²) in [5, 5.41) is 8.92. The van der Waals surface area contributed by atoms with E-state index in [0.29, 0.717) is 5.56 Å². The molecule has 1 aromatic carbocycles. The van der Waals surface area contributed by atoms with E-state index in [1.165, 1.54) is 6.92 Å². The normalized spacial score (nSPS) is 11.3. The predicted octanol–water partition coefficient (Wildman–Crippen LogP) is 2.47. The first-order valence-electron chi connectivity index (χ1n) is 4.38. The third-order valence-corrected chi connectivity index (χ3v) is 1.99. The fourth-order valence-corrected chi connectivity index (χ4v) is 1.32. The van der Waals surface area contributed by atoms with Crippen LogP contribution in [0.15, 0.2) is 30.3 Å². The number of carbonyl (C=O) groups is 2. The highest BCUT2D eigenvalue weighted by Crippen LogP contribution is 2.19. The summed E-state index contributed by atoms with van der Waals surface area (Å²) in [6, 6.07) is 8.80. The van der Waals surface area contributed by atoms with Crippen molar-refractivity contribution < 1.29 is 14.7 Å². The Morgan fingerprint density at radius 3 is 2.20 bits per heavy atom. The van der Waals surface area contributed by atoms with Crippen LogP contribution in [-0.2, 0) is 9.59 Å². The number of rotatable bonds is 4. The number of aliphatic carboxylic acids is 1. The summed E-state index contributed by atoms with van der Waals surface area (Å²) in [5.74, 6) is -1.78. The van der Waals surface area contributed by atoms with Gasteiger partial charge in [-0.05, 0) is 12.5 Å². The summed E-state index contributed by atoms with van der Waals surface area (Å²) in [5.41, 5.74) is 0.676. The Bertz CT molecular complexity index is 330. The topological polar surface area (TPSA) is 54.4 Å². The maximum absolute atomic E-state index is 10.9. The zero-order valence-corrected chi connectivity index (χ0v) is 7.93. The molecule has 0 amide bonds. The van der Waals surface area contributed by atoms with E-state index in [2.05, 4.69) is 0 Å². The van der Waals surface area contributed by atoms with E-state index in [9.17, 15) is 9.59 Å². The molecule has 3 nitrogen and oxygen atoms in total. The van der Waals surface area contributed by atoms with E-state index >= 15 is 0 Å². The zero-order chi connectivity index (χ0) is 10.6. The van der Waals surface area contributed by atoms with Gasteiger partial charge in [0.2, 0.25) is 0 Å². The number of carboxylic acid groups (broad SMARTS) is 1. The van der Waals surface area contributed by atoms with Crippen molar-refractivity contribution in [3.63, 3.8) is 0 Å². The lowest BCUT2D eigenvalue weighted by atomic mass is 9.94. The molecule has 0 saturated carbocycles. The Hall–Kier alpha value is -1.64. The second-order valence-electron chi connectivity index (χ2n) is 3.21. The molecule has 0 unspecified atom stereocenters. The highest BCUT2D eigenvalue weighted by atomic mass is 16.4. The Morgan fingerprint density at radius 1 is 1.27 bits per heavy atom. The standard InChI is InChI=1S/C11H12O3.CH4/c1-8(12)7-10(11(13)14)9-5-3-2-4-6-9;/h2-6,10H,7H2,1H3,(H,13,14);1H4/t10-;/m1./s1. The van der Waals surface area contributed by atoms with Gasteiger partial charge in [-0.15, -0.1) is 0 Å². The molecule has 0 bridgehead atoms. The minimum absolute atomic E-state index is 0. The van der Waals surface area contributed by atoms with Gasteiger partial charge in [0.05, 0.1) is 5.92 Å². The zero-order valence-electron chi connectivity index (χ0n) is 7.93. The van der Waals surface area contributed by atoms with E-state index < -0.39 is 11.9 Å². The predicted molar refractivity (Wildman–Crippen MR) is 58.8 cm³/mol. The van der Waals surface area contributed by atoms with Crippen molar-refractivity contribution in [2.75, 3.05) is 0 Å². The molecule has 3 heteroatoms. The minimum atomic E-state index is -0.952. The molecule has 15 heavy (non-hydrogen) atoms. The molecule has 0 aromatic heterocycles. The van der Waals surface area contributed by atoms with Crippen LogP contribution in [-0.4, -0.2) is 16.9 Å². The summed E-state index contributed by atoms with van der Waals surface area (Å²) in [6.07, 6.45) is 0.0549. The summed E-state index contributed by atoms with van der Waals surface area (Å²) in [7, 11) is 0. The van der Waals surface area contributed by atoms with Crippen molar-refractivity contribution >= 4 is 11.8 Å². The maximum atomic E-state index is 10.9. The van der Waals surface area contributed by atoms with E-state index in [0.717, 1.165) is 0 Å². The summed E-state index contributed by atoms with van der Waals surface area (Å²) >= 11 is 0. The van der Waals surface area contributed by atoms with Crippen LogP contribution >= 0.6 is 0 Å². The molecule has 1 N–H and O–H groups in total. The lowest BCUT2D eigenvalue weighted by Crippen LogP contribution is -2.14. The third-order valence-electron chi connectivity index (χ3n) is 1.99. The molecule has 1 aromatic rings. The summed E-state index contributed by atoms with van der Waals surface area (Å²) in [4.78, 5) is 21.8. The molecular formula is C12H16O3. The van der Waals surface area contributed by atoms with Gasteiger partial charge in [0.15, 0.2) is 0 Å². The van der Waals surface area contributed by atoms with Gasteiger partial charge in [-0.3, -0.25) is 9.59 Å². The number of benzene rings is 1. The van der Waals surface area contributed by atoms with E-state index in [-0.39, 0.29) is 19.6 Å². The van der Waals surface area contributed by atoms with E-state index in [1.807, 2.05) is 6.07 Å². The van der Waals surface area contributed by atoms with Gasteiger partial charge < -0.3 is 5.11 Å². The van der Waals surface area contributed by atoms with Crippen molar-refractivity contribution in [3.8, 4) is 0 Å². The molecule has 1 rings (SSSR count). The van der Waals surface area contributed by atoms with Crippen LogP contribution in [0.3, 0.4) is 0 Å². The number of hydrogen-bond donors (Lipinski definition) is 1. The van der Waals surface area contributed by atoms with Gasteiger partial charge in [0.1, 0.15) is 5.78 Å². The van der Waals surface area contributed by atoms with Gasteiger partial charge in [0.25, 0.3) is 0 Å². The fraction of sp³-hybridized carbons (Fsp3) is 0.333. The van der Waals surface area contributed by atoms with Crippen molar-refractivity contribution in [1.82, 2.24) is 0 Å². The van der Waals surface area contributed by atoms with Gasteiger partial charge >= 0.3 is 5.97 Å². The largest absolute Gasteiger partial charge is 0.481 e. The number of carbonyl (C=O) groups excluding carboxylic acids is 1. The quantitative estimate of drug-likeness (QED) is 0.826. The Morgan fingerprint density at radius 2 is 1.80 bits per heavy atom.